The highest BCUT2D eigenvalue weighted by Gasteiger charge is 2.06. The molecule has 54 valence electrons. The quantitative estimate of drug-likeness (QED) is 0.632. The molecular weight excluding hydrogens is 126 g/mol. The fraction of sp³-hybridized carbons (Fsp3) is 0.375. The number of nitrogens with one attached hydrogen (secondary N) is 1. The average Bonchev–Trinajstić information content (AvgIpc) is 2.43. The fourth-order valence-corrected chi connectivity index (χ4v) is 0.964. The van der Waals surface area contributed by atoms with Gasteiger partial charge >= 0.3 is 0 Å². The number of H-pyrrole nitrogens is 1. The SMILES string of the molecule is CCC(C=O)c1ccc[nH]1. The number of carbonyl (C=O) groups excluding carboxylic acids is 1. The number of rotatable bonds is 3. The summed E-state index contributed by atoms with van der Waals surface area (Å²) >= 11 is 0. The Balaban J connectivity index is 2.73. The Labute approximate surface area is 60.3 Å². The zero-order valence-corrected chi connectivity index (χ0v) is 6.00. The van der Waals surface area contributed by atoms with Crippen molar-refractivity contribution in [2.75, 3.05) is 0 Å². The van der Waals surface area contributed by atoms with Crippen molar-refractivity contribution >= 4 is 6.29 Å². The van der Waals surface area contributed by atoms with E-state index < -0.39 is 0 Å². The van der Waals surface area contributed by atoms with Crippen molar-refractivity contribution < 1.29 is 4.79 Å². The summed E-state index contributed by atoms with van der Waals surface area (Å²) in [5.74, 6) is 0.0509. The lowest BCUT2D eigenvalue weighted by Crippen LogP contribution is -1.97. The Kier molecular flexibility index (Phi) is 2.26. The van der Waals surface area contributed by atoms with Crippen molar-refractivity contribution in [2.45, 2.75) is 19.3 Å². The minimum absolute atomic E-state index is 0.0509. The van der Waals surface area contributed by atoms with Crippen LogP contribution in [0.1, 0.15) is 25.0 Å². The first-order valence-corrected chi connectivity index (χ1v) is 3.47. The van der Waals surface area contributed by atoms with Gasteiger partial charge in [-0.15, -0.1) is 0 Å². The molecule has 1 atom stereocenters. The van der Waals surface area contributed by atoms with Crippen LogP contribution in [-0.2, 0) is 4.79 Å². The zero-order valence-electron chi connectivity index (χ0n) is 6.00. The van der Waals surface area contributed by atoms with Crippen LogP contribution in [0, 0.1) is 0 Å². The molecule has 0 aliphatic rings. The summed E-state index contributed by atoms with van der Waals surface area (Å²) in [5.41, 5.74) is 1.01. The molecule has 1 heterocycles. The molecule has 0 aliphatic heterocycles. The third kappa shape index (κ3) is 1.26. The van der Waals surface area contributed by atoms with E-state index in [1.807, 2.05) is 25.3 Å². The Hall–Kier alpha value is -1.05. The average molecular weight is 137 g/mol. The summed E-state index contributed by atoms with van der Waals surface area (Å²) in [6.45, 7) is 2.00. The van der Waals surface area contributed by atoms with E-state index in [4.69, 9.17) is 0 Å². The standard InChI is InChI=1S/C8H11NO/c1-2-7(6-10)8-4-3-5-9-8/h3-7,9H,2H2,1H3. The van der Waals surface area contributed by atoms with Crippen LogP contribution < -0.4 is 0 Å². The molecule has 0 saturated carbocycles. The molecule has 0 saturated heterocycles. The van der Waals surface area contributed by atoms with Crippen molar-refractivity contribution in [1.29, 1.82) is 0 Å². The number of aldehydes is 1. The van der Waals surface area contributed by atoms with E-state index in [9.17, 15) is 4.79 Å². The summed E-state index contributed by atoms with van der Waals surface area (Å²) < 4.78 is 0. The summed E-state index contributed by atoms with van der Waals surface area (Å²) in [4.78, 5) is 13.4. The summed E-state index contributed by atoms with van der Waals surface area (Å²) in [6.07, 6.45) is 3.68. The molecule has 1 unspecified atom stereocenters. The van der Waals surface area contributed by atoms with Crippen molar-refractivity contribution in [3.05, 3.63) is 24.0 Å². The summed E-state index contributed by atoms with van der Waals surface area (Å²) in [5, 5.41) is 0. The van der Waals surface area contributed by atoms with E-state index in [1.54, 1.807) is 0 Å². The van der Waals surface area contributed by atoms with Gasteiger partial charge in [0, 0.05) is 11.9 Å². The van der Waals surface area contributed by atoms with Gasteiger partial charge in [0.1, 0.15) is 6.29 Å². The predicted molar refractivity (Wildman–Crippen MR) is 39.9 cm³/mol. The molecule has 1 aromatic rings. The maximum Gasteiger partial charge on any atom is 0.128 e. The van der Waals surface area contributed by atoms with Gasteiger partial charge in [0.2, 0.25) is 0 Å². The first-order chi connectivity index (χ1) is 4.88. The lowest BCUT2D eigenvalue weighted by molar-refractivity contribution is -0.109. The Morgan fingerprint density at radius 1 is 1.80 bits per heavy atom. The molecular formula is C8H11NO. The van der Waals surface area contributed by atoms with Gasteiger partial charge in [-0.2, -0.15) is 0 Å². The van der Waals surface area contributed by atoms with Crippen LogP contribution in [0.4, 0.5) is 0 Å². The highest BCUT2D eigenvalue weighted by Crippen LogP contribution is 2.13. The Bertz CT molecular complexity index is 191. The van der Waals surface area contributed by atoms with E-state index in [-0.39, 0.29) is 5.92 Å². The van der Waals surface area contributed by atoms with E-state index in [0.29, 0.717) is 0 Å². The van der Waals surface area contributed by atoms with Gasteiger partial charge in [-0.05, 0) is 18.6 Å². The van der Waals surface area contributed by atoms with Gasteiger partial charge in [-0.1, -0.05) is 6.92 Å². The topological polar surface area (TPSA) is 32.9 Å². The molecule has 0 aromatic carbocycles. The molecule has 1 N–H and O–H groups in total. The number of aromatic nitrogens is 1. The van der Waals surface area contributed by atoms with E-state index in [2.05, 4.69) is 4.98 Å². The van der Waals surface area contributed by atoms with Crippen LogP contribution in [0.5, 0.6) is 0 Å². The fourth-order valence-electron chi connectivity index (χ4n) is 0.964. The van der Waals surface area contributed by atoms with Crippen LogP contribution in [0.15, 0.2) is 18.3 Å². The second kappa shape index (κ2) is 3.20. The molecule has 2 nitrogen and oxygen atoms in total. The molecule has 0 fully saturated rings. The molecule has 10 heavy (non-hydrogen) atoms. The lowest BCUT2D eigenvalue weighted by atomic mass is 10.1. The minimum Gasteiger partial charge on any atom is -0.364 e. The van der Waals surface area contributed by atoms with Crippen molar-refractivity contribution in [1.82, 2.24) is 4.98 Å². The maximum absolute atomic E-state index is 10.4. The monoisotopic (exact) mass is 137 g/mol. The molecule has 0 bridgehead atoms. The van der Waals surface area contributed by atoms with Crippen molar-refractivity contribution in [3.8, 4) is 0 Å². The Morgan fingerprint density at radius 3 is 3.00 bits per heavy atom. The van der Waals surface area contributed by atoms with Gasteiger partial charge in [-0.3, -0.25) is 0 Å². The molecule has 0 aliphatic carbocycles. The first kappa shape index (κ1) is 7.06. The number of hydrogen-bond donors (Lipinski definition) is 1. The maximum atomic E-state index is 10.4. The molecule has 0 radical (unpaired) electrons. The van der Waals surface area contributed by atoms with Gasteiger partial charge < -0.3 is 9.78 Å². The predicted octanol–water partition coefficient (Wildman–Crippen LogP) is 1.71. The summed E-state index contributed by atoms with van der Waals surface area (Å²) in [7, 11) is 0. The van der Waals surface area contributed by atoms with Crippen LogP contribution in [0.25, 0.3) is 0 Å². The third-order valence-electron chi connectivity index (χ3n) is 1.63. The van der Waals surface area contributed by atoms with Gasteiger partial charge in [-0.25, -0.2) is 0 Å². The smallest absolute Gasteiger partial charge is 0.128 e. The number of aromatic amines is 1. The van der Waals surface area contributed by atoms with E-state index >= 15 is 0 Å². The Morgan fingerprint density at radius 2 is 2.60 bits per heavy atom. The van der Waals surface area contributed by atoms with Crippen LogP contribution in [0.2, 0.25) is 0 Å². The summed E-state index contributed by atoms with van der Waals surface area (Å²) in [6, 6.07) is 3.84. The first-order valence-electron chi connectivity index (χ1n) is 3.47. The van der Waals surface area contributed by atoms with E-state index in [1.165, 1.54) is 0 Å². The highest BCUT2D eigenvalue weighted by molar-refractivity contribution is 5.60. The molecule has 2 heteroatoms. The second-order valence-corrected chi connectivity index (χ2v) is 2.28. The molecule has 0 spiro atoms. The molecule has 1 aromatic heterocycles. The second-order valence-electron chi connectivity index (χ2n) is 2.28. The normalized spacial score (nSPS) is 12.9. The third-order valence-corrected chi connectivity index (χ3v) is 1.63. The largest absolute Gasteiger partial charge is 0.364 e. The van der Waals surface area contributed by atoms with Crippen LogP contribution >= 0.6 is 0 Å². The van der Waals surface area contributed by atoms with Crippen LogP contribution in [-0.4, -0.2) is 11.3 Å². The zero-order chi connectivity index (χ0) is 7.40. The number of carbonyl (C=O) groups is 1. The minimum atomic E-state index is 0.0509. The van der Waals surface area contributed by atoms with Crippen molar-refractivity contribution in [3.63, 3.8) is 0 Å². The molecule has 0 amide bonds. The van der Waals surface area contributed by atoms with E-state index in [0.717, 1.165) is 18.4 Å². The lowest BCUT2D eigenvalue weighted by Gasteiger charge is -2.01. The number of hydrogen-bond acceptors (Lipinski definition) is 1. The van der Waals surface area contributed by atoms with Gasteiger partial charge in [0.25, 0.3) is 0 Å². The van der Waals surface area contributed by atoms with Crippen molar-refractivity contribution in [2.24, 2.45) is 0 Å². The van der Waals surface area contributed by atoms with Gasteiger partial charge in [0.15, 0.2) is 0 Å². The van der Waals surface area contributed by atoms with Gasteiger partial charge in [0.05, 0.1) is 5.92 Å². The van der Waals surface area contributed by atoms with Crippen LogP contribution in [0.3, 0.4) is 0 Å². The molecule has 1 rings (SSSR count). The highest BCUT2D eigenvalue weighted by atomic mass is 16.1.